The van der Waals surface area contributed by atoms with E-state index < -0.39 is 5.66 Å². The second-order valence-electron chi connectivity index (χ2n) is 5.74. The molecule has 0 fully saturated rings. The quantitative estimate of drug-likeness (QED) is 0.720. The molecule has 112 valence electrons. The first-order chi connectivity index (χ1) is 10.7. The van der Waals surface area contributed by atoms with Gasteiger partial charge in [0.15, 0.2) is 5.66 Å². The van der Waals surface area contributed by atoms with Gasteiger partial charge in [0.2, 0.25) is 0 Å². The van der Waals surface area contributed by atoms with E-state index in [1.165, 1.54) is 0 Å². The number of azo groups is 1. The molecule has 22 heavy (non-hydrogen) atoms. The standard InChI is InChI=1S/C18H20N4/c1-15-13-14-18(2,21-19-16-9-5-3-6-10-16)22(20-15)17-11-7-4-8-12-17/h3-12H,13-14H2,1-2H3. The molecule has 1 unspecified atom stereocenters. The highest BCUT2D eigenvalue weighted by Crippen LogP contribution is 2.34. The van der Waals surface area contributed by atoms with Gasteiger partial charge >= 0.3 is 0 Å². The van der Waals surface area contributed by atoms with Gasteiger partial charge in [0.05, 0.1) is 11.4 Å². The summed E-state index contributed by atoms with van der Waals surface area (Å²) in [6.45, 7) is 4.15. The summed E-state index contributed by atoms with van der Waals surface area (Å²) < 4.78 is 0. The first-order valence-corrected chi connectivity index (χ1v) is 7.55. The van der Waals surface area contributed by atoms with Gasteiger partial charge in [-0.15, -0.1) is 0 Å². The summed E-state index contributed by atoms with van der Waals surface area (Å²) in [7, 11) is 0. The van der Waals surface area contributed by atoms with E-state index in [-0.39, 0.29) is 0 Å². The average Bonchev–Trinajstić information content (AvgIpc) is 2.57. The lowest BCUT2D eigenvalue weighted by Gasteiger charge is -2.38. The third-order valence-corrected chi connectivity index (χ3v) is 3.83. The van der Waals surface area contributed by atoms with Crippen LogP contribution in [-0.4, -0.2) is 11.4 Å². The lowest BCUT2D eigenvalue weighted by Crippen LogP contribution is -2.45. The number of para-hydroxylation sites is 1. The van der Waals surface area contributed by atoms with E-state index in [9.17, 15) is 0 Å². The van der Waals surface area contributed by atoms with Crippen molar-refractivity contribution in [1.29, 1.82) is 0 Å². The van der Waals surface area contributed by atoms with Crippen molar-refractivity contribution < 1.29 is 0 Å². The summed E-state index contributed by atoms with van der Waals surface area (Å²) >= 11 is 0. The number of rotatable bonds is 3. The van der Waals surface area contributed by atoms with Crippen LogP contribution in [0.2, 0.25) is 0 Å². The molecule has 0 N–H and O–H groups in total. The summed E-state index contributed by atoms with van der Waals surface area (Å²) in [5, 5.41) is 15.7. The summed E-state index contributed by atoms with van der Waals surface area (Å²) in [4.78, 5) is 0. The minimum absolute atomic E-state index is 0.462. The Labute approximate surface area is 131 Å². The smallest absolute Gasteiger partial charge is 0.171 e. The molecule has 1 atom stereocenters. The highest BCUT2D eigenvalue weighted by molar-refractivity contribution is 5.84. The summed E-state index contributed by atoms with van der Waals surface area (Å²) in [6, 6.07) is 20.0. The number of nitrogens with zero attached hydrogens (tertiary/aromatic N) is 4. The van der Waals surface area contributed by atoms with E-state index >= 15 is 0 Å². The van der Waals surface area contributed by atoms with Gasteiger partial charge in [0.25, 0.3) is 0 Å². The van der Waals surface area contributed by atoms with Crippen LogP contribution in [0.15, 0.2) is 76.0 Å². The van der Waals surface area contributed by atoms with Gasteiger partial charge in [-0.05, 0) is 51.0 Å². The van der Waals surface area contributed by atoms with Crippen molar-refractivity contribution >= 4 is 17.1 Å². The number of benzene rings is 2. The van der Waals surface area contributed by atoms with E-state index in [1.807, 2.05) is 53.5 Å². The zero-order chi connectivity index (χ0) is 15.4. The zero-order valence-corrected chi connectivity index (χ0v) is 13.0. The van der Waals surface area contributed by atoms with Crippen LogP contribution in [0.25, 0.3) is 0 Å². The van der Waals surface area contributed by atoms with Crippen LogP contribution >= 0.6 is 0 Å². The molecule has 0 radical (unpaired) electrons. The number of hydrazone groups is 1. The molecule has 2 aromatic carbocycles. The molecular formula is C18H20N4. The predicted molar refractivity (Wildman–Crippen MR) is 90.6 cm³/mol. The van der Waals surface area contributed by atoms with Gasteiger partial charge in [-0.3, -0.25) is 0 Å². The minimum Gasteiger partial charge on any atom is -0.236 e. The van der Waals surface area contributed by atoms with Gasteiger partial charge < -0.3 is 0 Å². The van der Waals surface area contributed by atoms with Gasteiger partial charge in [0, 0.05) is 5.71 Å². The first kappa shape index (κ1) is 14.4. The van der Waals surface area contributed by atoms with Crippen molar-refractivity contribution in [2.24, 2.45) is 15.3 Å². The maximum atomic E-state index is 4.71. The van der Waals surface area contributed by atoms with Crippen molar-refractivity contribution in [2.45, 2.75) is 32.4 Å². The van der Waals surface area contributed by atoms with Gasteiger partial charge in [-0.1, -0.05) is 36.4 Å². The predicted octanol–water partition coefficient (Wildman–Crippen LogP) is 5.16. The maximum absolute atomic E-state index is 4.71. The Kier molecular flexibility index (Phi) is 4.00. The Morgan fingerprint density at radius 1 is 1.00 bits per heavy atom. The highest BCUT2D eigenvalue weighted by Gasteiger charge is 2.35. The molecule has 1 aliphatic rings. The molecule has 0 amide bonds. The van der Waals surface area contributed by atoms with E-state index in [0.717, 1.165) is 29.9 Å². The van der Waals surface area contributed by atoms with Crippen molar-refractivity contribution in [2.75, 3.05) is 5.01 Å². The fraction of sp³-hybridized carbons (Fsp3) is 0.278. The Morgan fingerprint density at radius 2 is 1.64 bits per heavy atom. The lowest BCUT2D eigenvalue weighted by molar-refractivity contribution is 0.388. The zero-order valence-electron chi connectivity index (χ0n) is 13.0. The average molecular weight is 292 g/mol. The largest absolute Gasteiger partial charge is 0.236 e. The summed E-state index contributed by atoms with van der Waals surface area (Å²) in [5.74, 6) is 0. The summed E-state index contributed by atoms with van der Waals surface area (Å²) in [6.07, 6.45) is 1.83. The normalized spacial score (nSPS) is 21.9. The molecular weight excluding hydrogens is 272 g/mol. The van der Waals surface area contributed by atoms with Gasteiger partial charge in [-0.2, -0.15) is 15.3 Å². The molecule has 4 heteroatoms. The van der Waals surface area contributed by atoms with Gasteiger partial charge in [-0.25, -0.2) is 5.01 Å². The van der Waals surface area contributed by atoms with Crippen molar-refractivity contribution in [3.63, 3.8) is 0 Å². The third kappa shape index (κ3) is 3.06. The molecule has 4 nitrogen and oxygen atoms in total. The fourth-order valence-electron chi connectivity index (χ4n) is 2.51. The Hall–Kier alpha value is -2.49. The molecule has 0 bridgehead atoms. The topological polar surface area (TPSA) is 40.3 Å². The van der Waals surface area contributed by atoms with Crippen LogP contribution in [0.4, 0.5) is 11.4 Å². The number of hydrogen-bond donors (Lipinski definition) is 0. The van der Waals surface area contributed by atoms with Crippen molar-refractivity contribution in [3.8, 4) is 0 Å². The van der Waals surface area contributed by atoms with E-state index in [1.54, 1.807) is 0 Å². The van der Waals surface area contributed by atoms with Crippen LogP contribution < -0.4 is 5.01 Å². The van der Waals surface area contributed by atoms with E-state index in [0.29, 0.717) is 0 Å². The maximum Gasteiger partial charge on any atom is 0.171 e. The molecule has 0 aromatic heterocycles. The Morgan fingerprint density at radius 3 is 2.32 bits per heavy atom. The molecule has 0 spiro atoms. The van der Waals surface area contributed by atoms with Crippen LogP contribution in [0.3, 0.4) is 0 Å². The third-order valence-electron chi connectivity index (χ3n) is 3.83. The molecule has 1 aliphatic heterocycles. The minimum atomic E-state index is -0.462. The molecule has 3 rings (SSSR count). The van der Waals surface area contributed by atoms with Crippen molar-refractivity contribution in [1.82, 2.24) is 0 Å². The van der Waals surface area contributed by atoms with Crippen LogP contribution in [0, 0.1) is 0 Å². The summed E-state index contributed by atoms with van der Waals surface area (Å²) in [5.41, 5.74) is 2.56. The van der Waals surface area contributed by atoms with E-state index in [2.05, 4.69) is 36.2 Å². The van der Waals surface area contributed by atoms with Crippen LogP contribution in [0.1, 0.15) is 26.7 Å². The molecule has 0 saturated heterocycles. The first-order valence-electron chi connectivity index (χ1n) is 7.55. The Balaban J connectivity index is 1.94. The monoisotopic (exact) mass is 292 g/mol. The molecule has 1 heterocycles. The van der Waals surface area contributed by atoms with Crippen molar-refractivity contribution in [3.05, 3.63) is 60.7 Å². The fourth-order valence-corrected chi connectivity index (χ4v) is 2.51. The second-order valence-corrected chi connectivity index (χ2v) is 5.74. The molecule has 0 aliphatic carbocycles. The Bertz CT molecular complexity index is 679. The van der Waals surface area contributed by atoms with Crippen LogP contribution in [0.5, 0.6) is 0 Å². The van der Waals surface area contributed by atoms with Gasteiger partial charge in [0.1, 0.15) is 0 Å². The molecule has 2 aromatic rings. The molecule has 0 saturated carbocycles. The van der Waals surface area contributed by atoms with E-state index in [4.69, 9.17) is 5.10 Å². The number of hydrogen-bond acceptors (Lipinski definition) is 4. The lowest BCUT2D eigenvalue weighted by atomic mass is 10.0. The SMILES string of the molecule is CC1=NN(c2ccccc2)C(C)(N=Nc2ccccc2)CC1. The van der Waals surface area contributed by atoms with Crippen LogP contribution in [-0.2, 0) is 0 Å². The highest BCUT2D eigenvalue weighted by atomic mass is 15.6. The second kappa shape index (κ2) is 6.10. The number of anilines is 1.